The molecular weight excluding hydrogens is 270 g/mol. The molecule has 1 aromatic heterocycles. The van der Waals surface area contributed by atoms with E-state index in [1.54, 1.807) is 11.3 Å². The summed E-state index contributed by atoms with van der Waals surface area (Å²) in [5.41, 5.74) is 7.03. The average molecular weight is 295 g/mol. The molecule has 0 spiro atoms. The molecule has 20 heavy (non-hydrogen) atoms. The Hall–Kier alpha value is -0.940. The minimum Gasteiger partial charge on any atom is -0.320 e. The summed E-state index contributed by atoms with van der Waals surface area (Å²) >= 11 is 1.62. The van der Waals surface area contributed by atoms with Gasteiger partial charge in [-0.1, -0.05) is 33.6 Å². The van der Waals surface area contributed by atoms with Crippen LogP contribution in [0.15, 0.2) is 0 Å². The van der Waals surface area contributed by atoms with Crippen LogP contribution >= 0.6 is 11.3 Å². The predicted octanol–water partition coefficient (Wildman–Crippen LogP) is 2.97. The van der Waals surface area contributed by atoms with Gasteiger partial charge in [0.05, 0.1) is 11.7 Å². The van der Waals surface area contributed by atoms with Gasteiger partial charge in [-0.2, -0.15) is 0 Å². The molecule has 0 aromatic carbocycles. The first-order valence-electron chi connectivity index (χ1n) is 7.56. The molecule has 1 aliphatic rings. The van der Waals surface area contributed by atoms with Crippen molar-refractivity contribution in [1.82, 2.24) is 4.98 Å². The van der Waals surface area contributed by atoms with E-state index in [9.17, 15) is 4.79 Å². The molecule has 1 unspecified atom stereocenters. The van der Waals surface area contributed by atoms with Gasteiger partial charge in [-0.3, -0.25) is 4.79 Å². The molecule has 5 heteroatoms. The highest BCUT2D eigenvalue weighted by molar-refractivity contribution is 7.15. The zero-order valence-corrected chi connectivity index (χ0v) is 13.4. The molecule has 4 nitrogen and oxygen atoms in total. The number of nitrogens with one attached hydrogen (secondary N) is 1. The number of aryl methyl sites for hydroxylation is 1. The van der Waals surface area contributed by atoms with Crippen molar-refractivity contribution in [3.05, 3.63) is 10.6 Å². The molecule has 1 aromatic rings. The first-order valence-corrected chi connectivity index (χ1v) is 8.38. The summed E-state index contributed by atoms with van der Waals surface area (Å²) < 4.78 is 0. The summed E-state index contributed by atoms with van der Waals surface area (Å²) in [4.78, 5) is 17.9. The van der Waals surface area contributed by atoms with Gasteiger partial charge in [-0.25, -0.2) is 4.98 Å². The zero-order valence-electron chi connectivity index (χ0n) is 12.6. The van der Waals surface area contributed by atoms with E-state index in [2.05, 4.69) is 17.2 Å². The van der Waals surface area contributed by atoms with Crippen molar-refractivity contribution in [2.24, 2.45) is 17.6 Å². The van der Waals surface area contributed by atoms with Crippen molar-refractivity contribution in [3.8, 4) is 0 Å². The molecule has 1 heterocycles. The lowest BCUT2D eigenvalue weighted by atomic mass is 9.88. The molecule has 0 saturated carbocycles. The number of carbonyl (C=O) groups excluding carboxylic acids is 1. The van der Waals surface area contributed by atoms with Gasteiger partial charge < -0.3 is 11.1 Å². The Morgan fingerprint density at radius 1 is 1.55 bits per heavy atom. The Balaban J connectivity index is 2.01. The van der Waals surface area contributed by atoms with Crippen LogP contribution in [-0.2, 0) is 17.6 Å². The van der Waals surface area contributed by atoms with Gasteiger partial charge in [0.2, 0.25) is 5.91 Å². The highest BCUT2D eigenvalue weighted by atomic mass is 32.1. The predicted molar refractivity (Wildman–Crippen MR) is 84.0 cm³/mol. The number of amides is 1. The normalized spacial score (nSPS) is 19.8. The lowest BCUT2D eigenvalue weighted by Crippen LogP contribution is -2.39. The number of fused-ring (bicyclic) bond motifs is 1. The van der Waals surface area contributed by atoms with Crippen LogP contribution < -0.4 is 11.1 Å². The average Bonchev–Trinajstić information content (AvgIpc) is 2.79. The van der Waals surface area contributed by atoms with E-state index in [1.807, 2.05) is 13.8 Å². The number of aromatic nitrogens is 1. The van der Waals surface area contributed by atoms with Crippen LogP contribution in [0, 0.1) is 11.8 Å². The molecule has 0 saturated heterocycles. The first kappa shape index (κ1) is 15.4. The highest BCUT2D eigenvalue weighted by Crippen LogP contribution is 2.34. The molecule has 0 radical (unpaired) electrons. The maximum absolute atomic E-state index is 12.0. The molecule has 0 fully saturated rings. The lowest BCUT2D eigenvalue weighted by Gasteiger charge is -2.19. The van der Waals surface area contributed by atoms with E-state index >= 15 is 0 Å². The second-order valence-electron chi connectivity index (χ2n) is 6.05. The van der Waals surface area contributed by atoms with Crippen molar-refractivity contribution in [2.45, 2.75) is 58.9 Å². The molecular formula is C15H25N3OS. The summed E-state index contributed by atoms with van der Waals surface area (Å²) in [5, 5.41) is 3.59. The number of nitrogens with zero attached hydrogens (tertiary/aromatic N) is 1. The number of rotatable bonds is 5. The summed E-state index contributed by atoms with van der Waals surface area (Å²) in [6.45, 7) is 6.14. The Labute approximate surface area is 125 Å². The van der Waals surface area contributed by atoms with Crippen LogP contribution in [0.2, 0.25) is 0 Å². The van der Waals surface area contributed by atoms with Crippen LogP contribution in [0.3, 0.4) is 0 Å². The minimum atomic E-state index is -0.469. The third-order valence-electron chi connectivity index (χ3n) is 3.99. The number of thiazole rings is 1. The summed E-state index contributed by atoms with van der Waals surface area (Å²) in [6.07, 6.45) is 5.92. The summed E-state index contributed by atoms with van der Waals surface area (Å²) in [5.74, 6) is 0.796. The topological polar surface area (TPSA) is 68.0 Å². The fourth-order valence-corrected chi connectivity index (χ4v) is 3.77. The van der Waals surface area contributed by atoms with Crippen LogP contribution in [0.25, 0.3) is 0 Å². The SMILES string of the molecule is CCCC1CCc2nc(NC(=O)[C@@H](N)C(C)C)sc2C1. The van der Waals surface area contributed by atoms with Gasteiger partial charge >= 0.3 is 0 Å². The maximum atomic E-state index is 12.0. The Bertz CT molecular complexity index is 470. The third-order valence-corrected chi connectivity index (χ3v) is 5.03. The van der Waals surface area contributed by atoms with Gasteiger partial charge in [0, 0.05) is 4.88 Å². The lowest BCUT2D eigenvalue weighted by molar-refractivity contribution is -0.118. The smallest absolute Gasteiger partial charge is 0.243 e. The van der Waals surface area contributed by atoms with E-state index in [4.69, 9.17) is 5.73 Å². The number of nitrogens with two attached hydrogens (primary N) is 1. The van der Waals surface area contributed by atoms with Crippen LogP contribution in [0.1, 0.15) is 50.6 Å². The number of hydrogen-bond acceptors (Lipinski definition) is 4. The second-order valence-corrected chi connectivity index (χ2v) is 7.13. The van der Waals surface area contributed by atoms with Crippen molar-refractivity contribution in [2.75, 3.05) is 5.32 Å². The molecule has 112 valence electrons. The zero-order chi connectivity index (χ0) is 14.7. The standard InChI is InChI=1S/C15H25N3OS/c1-4-5-10-6-7-11-12(8-10)20-15(17-11)18-14(19)13(16)9(2)3/h9-10,13H,4-8,16H2,1-3H3,(H,17,18,19)/t10?,13-/m0/s1. The first-order chi connectivity index (χ1) is 9.51. The fraction of sp³-hybridized carbons (Fsp3) is 0.733. The minimum absolute atomic E-state index is 0.129. The highest BCUT2D eigenvalue weighted by Gasteiger charge is 2.24. The fourth-order valence-electron chi connectivity index (χ4n) is 2.64. The van der Waals surface area contributed by atoms with Gasteiger partial charge in [0.15, 0.2) is 5.13 Å². The number of carbonyl (C=O) groups is 1. The molecule has 2 rings (SSSR count). The number of anilines is 1. The van der Waals surface area contributed by atoms with Crippen LogP contribution in [-0.4, -0.2) is 16.9 Å². The van der Waals surface area contributed by atoms with E-state index in [1.165, 1.54) is 29.8 Å². The second kappa shape index (κ2) is 6.68. The van der Waals surface area contributed by atoms with E-state index in [0.717, 1.165) is 18.8 Å². The molecule has 1 amide bonds. The number of hydrogen-bond donors (Lipinski definition) is 2. The summed E-state index contributed by atoms with van der Waals surface area (Å²) in [7, 11) is 0. The van der Waals surface area contributed by atoms with Gasteiger partial charge in [-0.05, 0) is 31.1 Å². The molecule has 0 bridgehead atoms. The van der Waals surface area contributed by atoms with Crippen molar-refractivity contribution < 1.29 is 4.79 Å². The van der Waals surface area contributed by atoms with Crippen molar-refractivity contribution in [3.63, 3.8) is 0 Å². The molecule has 1 aliphatic carbocycles. The van der Waals surface area contributed by atoms with Crippen LogP contribution in [0.4, 0.5) is 5.13 Å². The van der Waals surface area contributed by atoms with Gasteiger partial charge in [-0.15, -0.1) is 11.3 Å². The molecule has 2 atom stereocenters. The molecule has 0 aliphatic heterocycles. The summed E-state index contributed by atoms with van der Waals surface area (Å²) in [6, 6.07) is -0.469. The largest absolute Gasteiger partial charge is 0.320 e. The third kappa shape index (κ3) is 3.58. The van der Waals surface area contributed by atoms with E-state index < -0.39 is 6.04 Å². The van der Waals surface area contributed by atoms with Gasteiger partial charge in [0.25, 0.3) is 0 Å². The quantitative estimate of drug-likeness (QED) is 0.877. The van der Waals surface area contributed by atoms with Crippen molar-refractivity contribution in [1.29, 1.82) is 0 Å². The Morgan fingerprint density at radius 3 is 2.95 bits per heavy atom. The van der Waals surface area contributed by atoms with E-state index in [0.29, 0.717) is 5.13 Å². The van der Waals surface area contributed by atoms with Gasteiger partial charge in [0.1, 0.15) is 0 Å². The monoisotopic (exact) mass is 295 g/mol. The Morgan fingerprint density at radius 2 is 2.30 bits per heavy atom. The van der Waals surface area contributed by atoms with Crippen molar-refractivity contribution >= 4 is 22.4 Å². The molecule has 3 N–H and O–H groups in total. The van der Waals surface area contributed by atoms with E-state index in [-0.39, 0.29) is 11.8 Å². The maximum Gasteiger partial charge on any atom is 0.243 e. The Kier molecular flexibility index (Phi) is 5.16. The van der Waals surface area contributed by atoms with Crippen LogP contribution in [0.5, 0.6) is 0 Å².